The molecule has 1 atom stereocenters. The first-order valence-electron chi connectivity index (χ1n) is 9.22. The van der Waals surface area contributed by atoms with Gasteiger partial charge in [0.25, 0.3) is 5.91 Å². The van der Waals surface area contributed by atoms with Gasteiger partial charge in [-0.15, -0.1) is 0 Å². The third kappa shape index (κ3) is 2.77. The number of nitrogens with zero attached hydrogens (tertiary/aromatic N) is 5. The maximum atomic E-state index is 12.8. The highest BCUT2D eigenvalue weighted by Crippen LogP contribution is 2.39. The Morgan fingerprint density at radius 1 is 1.32 bits per heavy atom. The predicted molar refractivity (Wildman–Crippen MR) is 98.4 cm³/mol. The summed E-state index contributed by atoms with van der Waals surface area (Å²) >= 11 is 0. The average molecular weight is 377 g/mol. The zero-order chi connectivity index (χ0) is 19.1. The first kappa shape index (κ1) is 17.0. The van der Waals surface area contributed by atoms with Gasteiger partial charge in [-0.1, -0.05) is 5.16 Å². The van der Waals surface area contributed by atoms with Crippen molar-refractivity contribution in [2.24, 2.45) is 0 Å². The van der Waals surface area contributed by atoms with Gasteiger partial charge >= 0.3 is 0 Å². The molecular formula is C20H19N5O3. The van der Waals surface area contributed by atoms with E-state index in [0.717, 1.165) is 23.2 Å². The monoisotopic (exact) mass is 377 g/mol. The quantitative estimate of drug-likeness (QED) is 0.675. The van der Waals surface area contributed by atoms with Gasteiger partial charge in [0, 0.05) is 48.9 Å². The van der Waals surface area contributed by atoms with Crippen LogP contribution in [0.4, 0.5) is 0 Å². The smallest absolute Gasteiger partial charge is 0.276 e. The van der Waals surface area contributed by atoms with Gasteiger partial charge in [-0.05, 0) is 25.5 Å². The van der Waals surface area contributed by atoms with Gasteiger partial charge in [-0.25, -0.2) is 9.97 Å². The molecule has 0 saturated carbocycles. The van der Waals surface area contributed by atoms with Gasteiger partial charge in [-0.2, -0.15) is 0 Å². The average Bonchev–Trinajstić information content (AvgIpc) is 3.36. The molecule has 3 aromatic heterocycles. The second-order valence-electron chi connectivity index (χ2n) is 7.38. The fourth-order valence-electron chi connectivity index (χ4n) is 4.02. The highest BCUT2D eigenvalue weighted by Gasteiger charge is 2.46. The Balaban J connectivity index is 1.48. The van der Waals surface area contributed by atoms with Crippen LogP contribution in [-0.2, 0) is 16.8 Å². The molecule has 8 heteroatoms. The summed E-state index contributed by atoms with van der Waals surface area (Å²) in [5, 5.41) is 3.86. The standard InChI is InChI=1S/C20H19N5O3/c1-13-7-16(24-28-13)19(26)25-6-4-20(11-25)12-27-10-15-9-22-18(23-17(15)20)14-3-2-5-21-8-14/h2-3,5,7-9H,4,6,10-12H2,1H3. The van der Waals surface area contributed by atoms with E-state index in [2.05, 4.69) is 15.1 Å². The predicted octanol–water partition coefficient (Wildman–Crippen LogP) is 2.15. The first-order valence-corrected chi connectivity index (χ1v) is 9.22. The third-order valence-electron chi connectivity index (χ3n) is 5.41. The number of rotatable bonds is 2. The normalized spacial score (nSPS) is 21.1. The number of pyridine rings is 1. The zero-order valence-electron chi connectivity index (χ0n) is 15.5. The highest BCUT2D eigenvalue weighted by atomic mass is 16.5. The van der Waals surface area contributed by atoms with Crippen molar-refractivity contribution in [2.45, 2.75) is 25.4 Å². The van der Waals surface area contributed by atoms with Crippen LogP contribution in [0.15, 0.2) is 41.3 Å². The number of hydrogen-bond acceptors (Lipinski definition) is 7. The van der Waals surface area contributed by atoms with Crippen molar-refractivity contribution >= 4 is 5.91 Å². The minimum atomic E-state index is -0.331. The molecule has 5 rings (SSSR count). The summed E-state index contributed by atoms with van der Waals surface area (Å²) in [5.41, 5.74) is 2.83. The molecule has 0 N–H and O–H groups in total. The fraction of sp³-hybridized carbons (Fsp3) is 0.350. The summed E-state index contributed by atoms with van der Waals surface area (Å²) < 4.78 is 10.9. The Hall–Kier alpha value is -3.13. The Morgan fingerprint density at radius 3 is 3.04 bits per heavy atom. The van der Waals surface area contributed by atoms with E-state index in [-0.39, 0.29) is 11.3 Å². The number of fused-ring (bicyclic) bond motifs is 2. The number of ether oxygens (including phenoxy) is 1. The van der Waals surface area contributed by atoms with Crippen LogP contribution in [0, 0.1) is 6.92 Å². The Morgan fingerprint density at radius 2 is 2.25 bits per heavy atom. The number of carbonyl (C=O) groups is 1. The van der Waals surface area contributed by atoms with Gasteiger partial charge in [0.2, 0.25) is 0 Å². The zero-order valence-corrected chi connectivity index (χ0v) is 15.5. The molecule has 1 spiro atoms. The van der Waals surface area contributed by atoms with Crippen LogP contribution >= 0.6 is 0 Å². The molecular weight excluding hydrogens is 358 g/mol. The molecule has 1 unspecified atom stereocenters. The summed E-state index contributed by atoms with van der Waals surface area (Å²) in [6.45, 7) is 3.96. The van der Waals surface area contributed by atoms with Crippen LogP contribution in [0.3, 0.4) is 0 Å². The van der Waals surface area contributed by atoms with E-state index >= 15 is 0 Å². The molecule has 3 aromatic rings. The minimum absolute atomic E-state index is 0.123. The van der Waals surface area contributed by atoms with Crippen LogP contribution in [0.2, 0.25) is 0 Å². The molecule has 2 aliphatic heterocycles. The lowest BCUT2D eigenvalue weighted by Crippen LogP contribution is -2.41. The highest BCUT2D eigenvalue weighted by molar-refractivity contribution is 5.92. The van der Waals surface area contributed by atoms with E-state index in [1.807, 2.05) is 23.2 Å². The van der Waals surface area contributed by atoms with Crippen molar-refractivity contribution < 1.29 is 14.1 Å². The van der Waals surface area contributed by atoms with E-state index < -0.39 is 0 Å². The lowest BCUT2D eigenvalue weighted by molar-refractivity contribution is 0.0483. The number of aryl methyl sites for hydroxylation is 1. The van der Waals surface area contributed by atoms with Crippen molar-refractivity contribution in [2.75, 3.05) is 19.7 Å². The van der Waals surface area contributed by atoms with E-state index in [0.29, 0.717) is 43.6 Å². The van der Waals surface area contributed by atoms with E-state index in [4.69, 9.17) is 14.2 Å². The van der Waals surface area contributed by atoms with Crippen molar-refractivity contribution in [1.82, 2.24) is 25.0 Å². The Labute approximate surface area is 161 Å². The lowest BCUT2D eigenvalue weighted by atomic mass is 9.80. The largest absolute Gasteiger partial charge is 0.376 e. The maximum absolute atomic E-state index is 12.8. The summed E-state index contributed by atoms with van der Waals surface area (Å²) in [6, 6.07) is 5.48. The summed E-state index contributed by atoms with van der Waals surface area (Å²) in [7, 11) is 0. The molecule has 8 nitrogen and oxygen atoms in total. The maximum Gasteiger partial charge on any atom is 0.276 e. The molecule has 1 amide bonds. The summed E-state index contributed by atoms with van der Waals surface area (Å²) in [5.74, 6) is 1.14. The van der Waals surface area contributed by atoms with E-state index in [1.165, 1.54) is 0 Å². The van der Waals surface area contributed by atoms with Gasteiger partial charge < -0.3 is 14.2 Å². The van der Waals surface area contributed by atoms with Crippen LogP contribution in [0.25, 0.3) is 11.4 Å². The SMILES string of the molecule is Cc1cc(C(=O)N2CCC3(COCc4cnc(-c5cccnc5)nc43)C2)no1. The lowest BCUT2D eigenvalue weighted by Gasteiger charge is -2.34. The Kier molecular flexibility index (Phi) is 3.94. The van der Waals surface area contributed by atoms with Crippen molar-refractivity contribution in [3.63, 3.8) is 0 Å². The second-order valence-corrected chi connectivity index (χ2v) is 7.38. The number of aromatic nitrogens is 4. The van der Waals surface area contributed by atoms with Crippen LogP contribution in [0.5, 0.6) is 0 Å². The molecule has 142 valence electrons. The molecule has 5 heterocycles. The van der Waals surface area contributed by atoms with Gasteiger partial charge in [-0.3, -0.25) is 9.78 Å². The molecule has 2 aliphatic rings. The number of hydrogen-bond donors (Lipinski definition) is 0. The topological polar surface area (TPSA) is 94.2 Å². The molecule has 0 aromatic carbocycles. The molecule has 1 saturated heterocycles. The Bertz CT molecular complexity index is 1040. The molecule has 0 radical (unpaired) electrons. The van der Waals surface area contributed by atoms with Crippen molar-refractivity contribution in [3.8, 4) is 11.4 Å². The molecule has 1 fully saturated rings. The van der Waals surface area contributed by atoms with Crippen molar-refractivity contribution in [3.05, 3.63) is 59.5 Å². The number of amides is 1. The van der Waals surface area contributed by atoms with Gasteiger partial charge in [0.1, 0.15) is 5.76 Å². The molecule has 0 bridgehead atoms. The summed E-state index contributed by atoms with van der Waals surface area (Å²) in [4.78, 5) is 28.1. The van der Waals surface area contributed by atoms with Crippen molar-refractivity contribution in [1.29, 1.82) is 0 Å². The molecule has 28 heavy (non-hydrogen) atoms. The van der Waals surface area contributed by atoms with Crippen LogP contribution in [0.1, 0.15) is 33.9 Å². The van der Waals surface area contributed by atoms with Crippen LogP contribution < -0.4 is 0 Å². The summed E-state index contributed by atoms with van der Waals surface area (Å²) in [6.07, 6.45) is 6.09. The number of likely N-dealkylation sites (tertiary alicyclic amines) is 1. The van der Waals surface area contributed by atoms with Crippen LogP contribution in [-0.4, -0.2) is 50.6 Å². The number of carbonyl (C=O) groups excluding carboxylic acids is 1. The van der Waals surface area contributed by atoms with Gasteiger partial charge in [0.05, 0.1) is 24.3 Å². The second kappa shape index (κ2) is 6.49. The minimum Gasteiger partial charge on any atom is -0.376 e. The third-order valence-corrected chi connectivity index (χ3v) is 5.41. The first-order chi connectivity index (χ1) is 13.6. The van der Waals surface area contributed by atoms with E-state index in [1.54, 1.807) is 25.4 Å². The van der Waals surface area contributed by atoms with Gasteiger partial charge in [0.15, 0.2) is 11.5 Å². The fourth-order valence-corrected chi connectivity index (χ4v) is 4.02. The van der Waals surface area contributed by atoms with E-state index in [9.17, 15) is 4.79 Å². The molecule has 0 aliphatic carbocycles.